The average molecular weight is 457 g/mol. The molecule has 1 aromatic carbocycles. The van der Waals surface area contributed by atoms with Gasteiger partial charge in [0.2, 0.25) is 5.91 Å². The number of piperidine rings is 1. The van der Waals surface area contributed by atoms with E-state index in [0.29, 0.717) is 24.4 Å². The molecule has 3 aromatic rings. The predicted molar refractivity (Wildman–Crippen MR) is 121 cm³/mol. The van der Waals surface area contributed by atoms with E-state index in [9.17, 15) is 13.2 Å². The van der Waals surface area contributed by atoms with Gasteiger partial charge in [0.15, 0.2) is 5.03 Å². The number of aryl methyl sites for hydroxylation is 4. The van der Waals surface area contributed by atoms with E-state index < -0.39 is 10.0 Å². The molecule has 0 bridgehead atoms. The summed E-state index contributed by atoms with van der Waals surface area (Å²) in [4.78, 5) is 17.2. The molecule has 0 radical (unpaired) electrons. The van der Waals surface area contributed by atoms with Crippen molar-refractivity contribution in [3.63, 3.8) is 0 Å². The number of amides is 1. The zero-order chi connectivity index (χ0) is 23.0. The summed E-state index contributed by atoms with van der Waals surface area (Å²) >= 11 is 0. The Morgan fingerprint density at radius 2 is 1.81 bits per heavy atom. The molecule has 2 aromatic heterocycles. The minimum Gasteiger partial charge on any atom is -0.337 e. The maximum absolute atomic E-state index is 13.0. The minimum atomic E-state index is -3.66. The summed E-state index contributed by atoms with van der Waals surface area (Å²) in [7, 11) is -1.89. The normalized spacial score (nSPS) is 15.8. The topological polar surface area (TPSA) is 102 Å². The second-order valence-electron chi connectivity index (χ2n) is 8.26. The second-order valence-corrected chi connectivity index (χ2v) is 10.1. The van der Waals surface area contributed by atoms with Crippen LogP contribution < -0.4 is 5.32 Å². The Bertz CT molecular complexity index is 1230. The van der Waals surface area contributed by atoms with Crippen molar-refractivity contribution in [3.05, 3.63) is 53.7 Å². The van der Waals surface area contributed by atoms with Gasteiger partial charge < -0.3 is 9.88 Å². The van der Waals surface area contributed by atoms with Crippen LogP contribution >= 0.6 is 0 Å². The van der Waals surface area contributed by atoms with E-state index in [-0.39, 0.29) is 29.9 Å². The largest absolute Gasteiger partial charge is 0.337 e. The predicted octanol–water partition coefficient (Wildman–Crippen LogP) is 2.57. The van der Waals surface area contributed by atoms with E-state index in [4.69, 9.17) is 0 Å². The van der Waals surface area contributed by atoms with E-state index in [0.717, 1.165) is 17.1 Å². The third-order valence-electron chi connectivity index (χ3n) is 5.92. The Labute approximate surface area is 188 Å². The summed E-state index contributed by atoms with van der Waals surface area (Å²) in [6, 6.07) is 9.53. The zero-order valence-corrected chi connectivity index (χ0v) is 19.6. The number of hydrogen-bond acceptors (Lipinski definition) is 5. The molecule has 1 N–H and O–H groups in total. The minimum absolute atomic E-state index is 0.0548. The van der Waals surface area contributed by atoms with Gasteiger partial charge in [-0.15, -0.1) is 0 Å². The van der Waals surface area contributed by atoms with Gasteiger partial charge in [-0.3, -0.25) is 4.79 Å². The average Bonchev–Trinajstić information content (AvgIpc) is 3.29. The molecular weight excluding hydrogens is 428 g/mol. The van der Waals surface area contributed by atoms with Gasteiger partial charge in [-0.1, -0.05) is 12.1 Å². The third kappa shape index (κ3) is 4.20. The number of para-hydroxylation sites is 2. The van der Waals surface area contributed by atoms with Crippen LogP contribution in [-0.2, 0) is 21.9 Å². The van der Waals surface area contributed by atoms with Gasteiger partial charge >= 0.3 is 0 Å². The molecule has 32 heavy (non-hydrogen) atoms. The molecule has 1 aliphatic rings. The molecule has 0 saturated carbocycles. The molecule has 0 atom stereocenters. The molecule has 170 valence electrons. The number of imidazole rings is 1. The Morgan fingerprint density at radius 1 is 1.12 bits per heavy atom. The van der Waals surface area contributed by atoms with Crippen LogP contribution in [0.2, 0.25) is 0 Å². The smallest absolute Gasteiger partial charge is 0.262 e. The maximum Gasteiger partial charge on any atom is 0.262 e. The van der Waals surface area contributed by atoms with Gasteiger partial charge in [0, 0.05) is 37.9 Å². The standard InChI is InChI=1S/C22H28N6O3S/c1-15-13-16(2)28(25-15)20-8-6-5-7-19(20)24-22(29)18-9-11-27(12-10-18)32(30,31)21-14-26(4)17(3)23-21/h5-8,13-14,18H,9-12H2,1-4H3,(H,24,29). The Kier molecular flexibility index (Phi) is 5.91. The highest BCUT2D eigenvalue weighted by Crippen LogP contribution is 2.27. The Hall–Kier alpha value is -2.98. The van der Waals surface area contributed by atoms with E-state index in [1.54, 1.807) is 18.5 Å². The van der Waals surface area contributed by atoms with Gasteiger partial charge in [-0.25, -0.2) is 18.1 Å². The molecule has 1 fully saturated rings. The van der Waals surface area contributed by atoms with Crippen LogP contribution in [-0.4, -0.2) is 51.1 Å². The van der Waals surface area contributed by atoms with Crippen LogP contribution in [0.5, 0.6) is 0 Å². The summed E-state index contributed by atoms with van der Waals surface area (Å²) in [5.41, 5.74) is 3.37. The first kappa shape index (κ1) is 22.2. The van der Waals surface area contributed by atoms with Crippen molar-refractivity contribution in [3.8, 4) is 5.69 Å². The van der Waals surface area contributed by atoms with Gasteiger partial charge in [0.05, 0.1) is 17.1 Å². The van der Waals surface area contributed by atoms with Crippen LogP contribution in [0.1, 0.15) is 30.1 Å². The molecule has 1 amide bonds. The van der Waals surface area contributed by atoms with Crippen LogP contribution in [0.3, 0.4) is 0 Å². The summed E-state index contributed by atoms with van der Waals surface area (Å²) in [6.45, 7) is 6.24. The fraction of sp³-hybridized carbons (Fsp3) is 0.409. The third-order valence-corrected chi connectivity index (χ3v) is 7.69. The second kappa shape index (κ2) is 8.51. The number of carbonyl (C=O) groups is 1. The molecular formula is C22H28N6O3S. The molecule has 0 aliphatic carbocycles. The quantitative estimate of drug-likeness (QED) is 0.636. The first-order valence-corrected chi connectivity index (χ1v) is 12.0. The molecule has 4 rings (SSSR count). The van der Waals surface area contributed by atoms with Crippen molar-refractivity contribution in [2.24, 2.45) is 13.0 Å². The van der Waals surface area contributed by atoms with Gasteiger partial charge in [0.25, 0.3) is 10.0 Å². The van der Waals surface area contributed by atoms with E-state index >= 15 is 0 Å². The van der Waals surface area contributed by atoms with Crippen molar-refractivity contribution >= 4 is 21.6 Å². The van der Waals surface area contributed by atoms with E-state index in [2.05, 4.69) is 15.4 Å². The highest BCUT2D eigenvalue weighted by atomic mass is 32.2. The number of sulfonamides is 1. The monoisotopic (exact) mass is 456 g/mol. The van der Waals surface area contributed by atoms with Crippen LogP contribution in [0.25, 0.3) is 5.69 Å². The van der Waals surface area contributed by atoms with Gasteiger partial charge in [-0.05, 0) is 51.8 Å². The molecule has 1 saturated heterocycles. The summed E-state index contributed by atoms with van der Waals surface area (Å²) in [6.07, 6.45) is 2.44. The molecule has 1 aliphatic heterocycles. The lowest BCUT2D eigenvalue weighted by Crippen LogP contribution is -2.41. The lowest BCUT2D eigenvalue weighted by Gasteiger charge is -2.30. The number of carbonyl (C=O) groups excluding carboxylic acids is 1. The lowest BCUT2D eigenvalue weighted by atomic mass is 9.97. The number of nitrogens with one attached hydrogen (secondary N) is 1. The molecule has 9 nitrogen and oxygen atoms in total. The fourth-order valence-electron chi connectivity index (χ4n) is 4.01. The van der Waals surface area contributed by atoms with Crippen molar-refractivity contribution in [1.29, 1.82) is 0 Å². The van der Waals surface area contributed by atoms with Crippen molar-refractivity contribution in [2.75, 3.05) is 18.4 Å². The molecule has 10 heteroatoms. The molecule has 0 spiro atoms. The summed E-state index contributed by atoms with van der Waals surface area (Å²) in [5, 5.41) is 7.60. The number of nitrogens with zero attached hydrogens (tertiary/aromatic N) is 5. The first-order valence-electron chi connectivity index (χ1n) is 10.6. The highest BCUT2D eigenvalue weighted by Gasteiger charge is 2.33. The number of rotatable bonds is 5. The lowest BCUT2D eigenvalue weighted by molar-refractivity contribution is -0.120. The zero-order valence-electron chi connectivity index (χ0n) is 18.7. The van der Waals surface area contributed by atoms with Crippen molar-refractivity contribution in [2.45, 2.75) is 38.6 Å². The Morgan fingerprint density at radius 3 is 2.41 bits per heavy atom. The van der Waals surface area contributed by atoms with Crippen LogP contribution in [0.4, 0.5) is 5.69 Å². The van der Waals surface area contributed by atoms with Crippen molar-refractivity contribution in [1.82, 2.24) is 23.6 Å². The summed E-state index contributed by atoms with van der Waals surface area (Å²) < 4.78 is 30.7. The van der Waals surface area contributed by atoms with Gasteiger partial charge in [-0.2, -0.15) is 9.40 Å². The molecule has 0 unspecified atom stereocenters. The van der Waals surface area contributed by atoms with Crippen LogP contribution in [0.15, 0.2) is 41.6 Å². The van der Waals surface area contributed by atoms with Crippen molar-refractivity contribution < 1.29 is 13.2 Å². The SMILES string of the molecule is Cc1cc(C)n(-c2ccccc2NC(=O)C2CCN(S(=O)(=O)c3cn(C)c(C)n3)CC2)n1. The van der Waals surface area contributed by atoms with E-state index in [1.807, 2.05) is 48.9 Å². The number of benzene rings is 1. The number of hydrogen-bond donors (Lipinski definition) is 1. The van der Waals surface area contributed by atoms with E-state index in [1.165, 1.54) is 10.5 Å². The number of anilines is 1. The Balaban J connectivity index is 1.44. The number of aromatic nitrogens is 4. The fourth-order valence-corrected chi connectivity index (χ4v) is 5.51. The first-order chi connectivity index (χ1) is 15.2. The molecule has 3 heterocycles. The highest BCUT2D eigenvalue weighted by molar-refractivity contribution is 7.89. The summed E-state index contributed by atoms with van der Waals surface area (Å²) in [5.74, 6) is 0.268. The van der Waals surface area contributed by atoms with Gasteiger partial charge in [0.1, 0.15) is 5.82 Å². The van der Waals surface area contributed by atoms with Crippen LogP contribution in [0, 0.1) is 26.7 Å². The maximum atomic E-state index is 13.0.